The topological polar surface area (TPSA) is 72.8 Å². The van der Waals surface area contributed by atoms with Gasteiger partial charge in [0, 0.05) is 6.04 Å². The molecule has 5 atom stereocenters. The number of hydrogen-bond donors (Lipinski definition) is 3. The van der Waals surface area contributed by atoms with Crippen LogP contribution in [0.1, 0.15) is 53.4 Å². The van der Waals surface area contributed by atoms with Gasteiger partial charge in [0.2, 0.25) is 5.91 Å². The van der Waals surface area contributed by atoms with Crippen LogP contribution in [0.2, 0.25) is 5.02 Å². The highest BCUT2D eigenvalue weighted by Crippen LogP contribution is 2.46. The number of amides is 1. The molecule has 0 aromatic heterocycles. The molecule has 2 aliphatic rings. The van der Waals surface area contributed by atoms with E-state index in [2.05, 4.69) is 12.2 Å². The van der Waals surface area contributed by atoms with Gasteiger partial charge in [0.05, 0.1) is 15.5 Å². The SMILES string of the molecule is CC1CC2CC(CC(C)(O)C2)C1NC(=O)C(C)(C)N(C)Sc1cccc(Cl)c1O. The Morgan fingerprint density at radius 3 is 2.72 bits per heavy atom. The Morgan fingerprint density at radius 2 is 2.03 bits per heavy atom. The Labute approximate surface area is 183 Å². The maximum Gasteiger partial charge on any atom is 0.241 e. The fourth-order valence-electron chi connectivity index (χ4n) is 5.02. The number of phenols is 1. The second kappa shape index (κ2) is 8.29. The Hall–Kier alpha value is -0.950. The molecule has 2 saturated carbocycles. The first-order valence-electron chi connectivity index (χ1n) is 10.3. The van der Waals surface area contributed by atoms with E-state index in [-0.39, 0.29) is 17.7 Å². The molecule has 5 nitrogen and oxygen atoms in total. The minimum absolute atomic E-state index is 0.0265. The first kappa shape index (κ1) is 22.7. The zero-order chi connectivity index (χ0) is 21.6. The first-order valence-corrected chi connectivity index (χ1v) is 11.5. The summed E-state index contributed by atoms with van der Waals surface area (Å²) in [6.07, 6.45) is 3.72. The third-order valence-electron chi connectivity index (χ3n) is 6.72. The molecule has 0 heterocycles. The zero-order valence-electron chi connectivity index (χ0n) is 17.9. The molecule has 2 bridgehead atoms. The number of phenolic OH excluding ortho intramolecular Hbond substituents is 1. The van der Waals surface area contributed by atoms with Crippen LogP contribution in [-0.4, -0.2) is 44.7 Å². The molecule has 3 rings (SSSR count). The van der Waals surface area contributed by atoms with E-state index >= 15 is 0 Å². The average molecular weight is 441 g/mol. The number of fused-ring (bicyclic) bond motifs is 2. The molecule has 1 amide bonds. The summed E-state index contributed by atoms with van der Waals surface area (Å²) in [7, 11) is 1.84. The van der Waals surface area contributed by atoms with Crippen molar-refractivity contribution in [1.82, 2.24) is 9.62 Å². The minimum atomic E-state index is -0.798. The molecule has 0 saturated heterocycles. The van der Waals surface area contributed by atoms with Crippen LogP contribution in [0, 0.1) is 17.8 Å². The third kappa shape index (κ3) is 4.87. The Kier molecular flexibility index (Phi) is 6.50. The van der Waals surface area contributed by atoms with Crippen LogP contribution in [0.4, 0.5) is 0 Å². The number of para-hydroxylation sites is 1. The van der Waals surface area contributed by atoms with Gasteiger partial charge in [0.15, 0.2) is 0 Å². The summed E-state index contributed by atoms with van der Waals surface area (Å²) in [6, 6.07) is 5.27. The summed E-state index contributed by atoms with van der Waals surface area (Å²) < 4.78 is 1.85. The van der Waals surface area contributed by atoms with Gasteiger partial charge in [0.25, 0.3) is 0 Å². The number of carbonyl (C=O) groups is 1. The number of benzene rings is 1. The molecular formula is C22H33ClN2O3S. The molecule has 7 heteroatoms. The van der Waals surface area contributed by atoms with Crippen LogP contribution in [0.15, 0.2) is 23.1 Å². The smallest absolute Gasteiger partial charge is 0.241 e. The maximum absolute atomic E-state index is 13.3. The van der Waals surface area contributed by atoms with Crippen molar-refractivity contribution in [3.63, 3.8) is 0 Å². The summed E-state index contributed by atoms with van der Waals surface area (Å²) in [5.41, 5.74) is -1.43. The molecule has 1 aromatic rings. The van der Waals surface area contributed by atoms with E-state index in [0.29, 0.717) is 27.7 Å². The second-order valence-electron chi connectivity index (χ2n) is 9.71. The molecule has 0 spiro atoms. The number of nitrogens with one attached hydrogen (secondary N) is 1. The lowest BCUT2D eigenvalue weighted by Gasteiger charge is -2.50. The molecule has 0 radical (unpaired) electrons. The van der Waals surface area contributed by atoms with Crippen molar-refractivity contribution in [3.8, 4) is 5.75 Å². The molecule has 162 valence electrons. The monoisotopic (exact) mass is 440 g/mol. The van der Waals surface area contributed by atoms with Crippen molar-refractivity contribution in [1.29, 1.82) is 0 Å². The van der Waals surface area contributed by atoms with Gasteiger partial charge in [-0.3, -0.25) is 4.79 Å². The summed E-state index contributed by atoms with van der Waals surface area (Å²) >= 11 is 7.31. The van der Waals surface area contributed by atoms with Crippen LogP contribution in [-0.2, 0) is 4.79 Å². The van der Waals surface area contributed by atoms with Gasteiger partial charge in [-0.2, -0.15) is 0 Å². The average Bonchev–Trinajstić information content (AvgIpc) is 2.60. The molecule has 3 N–H and O–H groups in total. The minimum Gasteiger partial charge on any atom is -0.505 e. The number of hydrogen-bond acceptors (Lipinski definition) is 5. The predicted octanol–water partition coefficient (Wildman–Crippen LogP) is 4.46. The van der Waals surface area contributed by atoms with E-state index in [1.807, 2.05) is 32.1 Å². The molecule has 0 aliphatic heterocycles. The lowest BCUT2D eigenvalue weighted by Crippen LogP contribution is -2.59. The van der Waals surface area contributed by atoms with Gasteiger partial charge in [-0.05, 0) is 95.3 Å². The van der Waals surface area contributed by atoms with E-state index < -0.39 is 11.1 Å². The van der Waals surface area contributed by atoms with E-state index in [9.17, 15) is 15.0 Å². The Balaban J connectivity index is 1.70. The van der Waals surface area contributed by atoms with Crippen LogP contribution < -0.4 is 5.32 Å². The lowest BCUT2D eigenvalue weighted by atomic mass is 9.61. The standard InChI is InChI=1S/C22H33ClN2O3S/c1-13-9-14-10-15(12-22(4,28)11-14)18(13)24-20(27)21(2,3)25(5)29-17-8-6-7-16(23)19(17)26/h6-8,13-15,18,26,28H,9-12H2,1-5H3,(H,24,27). The Bertz CT molecular complexity index is 768. The van der Waals surface area contributed by atoms with Gasteiger partial charge in [-0.25, -0.2) is 4.31 Å². The quantitative estimate of drug-likeness (QED) is 0.589. The van der Waals surface area contributed by atoms with Crippen molar-refractivity contribution < 1.29 is 15.0 Å². The molecule has 2 aliphatic carbocycles. The highest BCUT2D eigenvalue weighted by molar-refractivity contribution is 7.97. The van der Waals surface area contributed by atoms with Gasteiger partial charge in [-0.1, -0.05) is 24.6 Å². The van der Waals surface area contributed by atoms with Gasteiger partial charge in [0.1, 0.15) is 11.3 Å². The fraction of sp³-hybridized carbons (Fsp3) is 0.682. The van der Waals surface area contributed by atoms with Crippen LogP contribution >= 0.6 is 23.5 Å². The van der Waals surface area contributed by atoms with Gasteiger partial charge < -0.3 is 15.5 Å². The summed E-state index contributed by atoms with van der Waals surface area (Å²) in [5, 5.41) is 24.4. The van der Waals surface area contributed by atoms with E-state index in [4.69, 9.17) is 11.6 Å². The maximum atomic E-state index is 13.3. The fourth-order valence-corrected chi connectivity index (χ4v) is 6.19. The summed E-state index contributed by atoms with van der Waals surface area (Å²) in [6.45, 7) is 7.89. The molecule has 2 fully saturated rings. The first-order chi connectivity index (χ1) is 13.4. The number of nitrogens with zero attached hydrogens (tertiary/aromatic N) is 1. The number of carbonyl (C=O) groups excluding carboxylic acids is 1. The van der Waals surface area contributed by atoms with Crippen molar-refractivity contribution in [3.05, 3.63) is 23.2 Å². The molecule has 1 aromatic carbocycles. The second-order valence-corrected chi connectivity index (χ2v) is 11.3. The third-order valence-corrected chi connectivity index (χ3v) is 8.28. The van der Waals surface area contributed by atoms with Gasteiger partial charge in [-0.15, -0.1) is 0 Å². The number of aliphatic hydroxyl groups is 1. The van der Waals surface area contributed by atoms with E-state index in [1.165, 1.54) is 11.9 Å². The number of aromatic hydroxyl groups is 1. The molecular weight excluding hydrogens is 408 g/mol. The molecule has 5 unspecified atom stereocenters. The summed E-state index contributed by atoms with van der Waals surface area (Å²) in [5.74, 6) is 1.23. The van der Waals surface area contributed by atoms with Crippen molar-refractivity contribution in [2.24, 2.45) is 17.8 Å². The molecule has 29 heavy (non-hydrogen) atoms. The zero-order valence-corrected chi connectivity index (χ0v) is 19.5. The van der Waals surface area contributed by atoms with Crippen molar-refractivity contribution in [2.75, 3.05) is 7.05 Å². The van der Waals surface area contributed by atoms with Crippen LogP contribution in [0.5, 0.6) is 5.75 Å². The summed E-state index contributed by atoms with van der Waals surface area (Å²) in [4.78, 5) is 13.9. The highest BCUT2D eigenvalue weighted by Gasteiger charge is 2.46. The predicted molar refractivity (Wildman–Crippen MR) is 118 cm³/mol. The van der Waals surface area contributed by atoms with Crippen LogP contribution in [0.3, 0.4) is 0 Å². The van der Waals surface area contributed by atoms with E-state index in [1.54, 1.807) is 18.2 Å². The van der Waals surface area contributed by atoms with Gasteiger partial charge >= 0.3 is 0 Å². The Morgan fingerprint density at radius 1 is 1.34 bits per heavy atom. The number of likely N-dealkylation sites (N-methyl/N-ethyl adjacent to an activating group) is 1. The van der Waals surface area contributed by atoms with Crippen molar-refractivity contribution in [2.45, 2.75) is 75.5 Å². The largest absolute Gasteiger partial charge is 0.505 e. The lowest BCUT2D eigenvalue weighted by molar-refractivity contribution is -0.132. The highest BCUT2D eigenvalue weighted by atomic mass is 35.5. The van der Waals surface area contributed by atoms with Crippen molar-refractivity contribution >= 4 is 29.5 Å². The number of rotatable bonds is 5. The number of halogens is 1. The normalized spacial score (nSPS) is 32.3. The van der Waals surface area contributed by atoms with Crippen LogP contribution in [0.25, 0.3) is 0 Å². The van der Waals surface area contributed by atoms with E-state index in [0.717, 1.165) is 25.7 Å².